The third kappa shape index (κ3) is 7.62. The Kier molecular flexibility index (Phi) is 8.11. The maximum Gasteiger partial charge on any atom is 0.327 e. The van der Waals surface area contributed by atoms with Gasteiger partial charge < -0.3 is 5.11 Å². The van der Waals surface area contributed by atoms with Crippen LogP contribution in [0.5, 0.6) is 0 Å². The molecule has 1 aliphatic carbocycles. The van der Waals surface area contributed by atoms with Crippen LogP contribution in [0.1, 0.15) is 25.7 Å². The molecule has 0 spiro atoms. The minimum Gasteiger partial charge on any atom is -0.481 e. The molecule has 1 aromatic carbocycles. The van der Waals surface area contributed by atoms with Crippen LogP contribution in [-0.2, 0) is 14.8 Å². The first-order chi connectivity index (χ1) is 14.7. The van der Waals surface area contributed by atoms with E-state index in [2.05, 4.69) is 15.0 Å². The Hall–Kier alpha value is -1.92. The summed E-state index contributed by atoms with van der Waals surface area (Å²) in [7, 11) is -3.43. The molecule has 1 saturated carbocycles. The van der Waals surface area contributed by atoms with Crippen molar-refractivity contribution in [1.29, 1.82) is 0 Å². The molecule has 31 heavy (non-hydrogen) atoms. The molecule has 3 N–H and O–H groups in total. The third-order valence-corrected chi connectivity index (χ3v) is 7.96. The number of anilines is 2. The Bertz CT molecular complexity index is 948. The molecule has 2 aliphatic rings. The summed E-state index contributed by atoms with van der Waals surface area (Å²) in [5.41, 5.74) is 0.986. The Morgan fingerprint density at radius 1 is 1.32 bits per heavy atom. The zero-order chi connectivity index (χ0) is 22.4. The summed E-state index contributed by atoms with van der Waals surface area (Å²) in [5, 5.41) is 12.1. The highest BCUT2D eigenvalue weighted by molar-refractivity contribution is 8.25. The standard InChI is InChI=1S/C19H26N4O5S3/c1-31(27,28)22-14-7-4-8-15(9-14)23(11-13-5-2-3-6-13)19(26)21-18-20-10-17(30-18)29-12-16(24)25/h4,7-9,13,17,22H,2-3,5-6,10-12H2,1H3,(H,24,25)(H,20,21,26). The lowest BCUT2D eigenvalue weighted by molar-refractivity contribution is -0.133. The number of sulfonamides is 1. The molecule has 0 radical (unpaired) electrons. The number of aliphatic carboxylic acids is 1. The predicted molar refractivity (Wildman–Crippen MR) is 127 cm³/mol. The van der Waals surface area contributed by atoms with Crippen molar-refractivity contribution in [2.24, 2.45) is 10.9 Å². The van der Waals surface area contributed by atoms with Crippen molar-refractivity contribution in [3.63, 3.8) is 0 Å². The molecule has 3 rings (SSSR count). The SMILES string of the molecule is CS(=O)(=O)Nc1cccc(N(CC2CCCC2)C(=O)NC2=NCC(SCC(=O)O)S2)c1. The summed E-state index contributed by atoms with van der Waals surface area (Å²) < 4.78 is 25.6. The number of amides is 2. The molecule has 9 nitrogen and oxygen atoms in total. The van der Waals surface area contributed by atoms with Gasteiger partial charge in [0.1, 0.15) is 0 Å². The number of amidine groups is 1. The lowest BCUT2D eigenvalue weighted by Crippen LogP contribution is -2.44. The molecule has 12 heteroatoms. The summed E-state index contributed by atoms with van der Waals surface area (Å²) >= 11 is 2.63. The van der Waals surface area contributed by atoms with E-state index in [1.807, 2.05) is 0 Å². The van der Waals surface area contributed by atoms with E-state index in [4.69, 9.17) is 5.11 Å². The highest BCUT2D eigenvalue weighted by atomic mass is 32.2. The van der Waals surface area contributed by atoms with Crippen LogP contribution < -0.4 is 14.9 Å². The minimum atomic E-state index is -3.43. The quantitative estimate of drug-likeness (QED) is 0.515. The van der Waals surface area contributed by atoms with Crippen molar-refractivity contribution in [2.75, 3.05) is 34.7 Å². The molecule has 1 unspecified atom stereocenters. The molecular weight excluding hydrogens is 460 g/mol. The van der Waals surface area contributed by atoms with Gasteiger partial charge in [-0.05, 0) is 37.0 Å². The van der Waals surface area contributed by atoms with E-state index in [1.54, 1.807) is 29.2 Å². The van der Waals surface area contributed by atoms with E-state index in [9.17, 15) is 18.0 Å². The maximum atomic E-state index is 13.1. The normalized spacial score (nSPS) is 19.1. The van der Waals surface area contributed by atoms with Gasteiger partial charge in [0.15, 0.2) is 5.17 Å². The van der Waals surface area contributed by atoms with E-state index < -0.39 is 16.0 Å². The average Bonchev–Trinajstić information content (AvgIpc) is 3.35. The van der Waals surface area contributed by atoms with Gasteiger partial charge in [-0.25, -0.2) is 13.2 Å². The smallest absolute Gasteiger partial charge is 0.327 e. The number of carbonyl (C=O) groups is 2. The Labute approximate surface area is 190 Å². The minimum absolute atomic E-state index is 0.0116. The van der Waals surface area contributed by atoms with Crippen molar-refractivity contribution < 1.29 is 23.1 Å². The number of benzene rings is 1. The largest absolute Gasteiger partial charge is 0.481 e. The molecule has 1 heterocycles. The summed E-state index contributed by atoms with van der Waals surface area (Å²) in [4.78, 5) is 29.8. The van der Waals surface area contributed by atoms with Gasteiger partial charge in [-0.1, -0.05) is 30.7 Å². The van der Waals surface area contributed by atoms with Crippen LogP contribution >= 0.6 is 23.5 Å². The van der Waals surface area contributed by atoms with E-state index >= 15 is 0 Å². The van der Waals surface area contributed by atoms with Crippen molar-refractivity contribution in [2.45, 2.75) is 30.3 Å². The van der Waals surface area contributed by atoms with Crippen molar-refractivity contribution in [3.05, 3.63) is 24.3 Å². The second-order valence-electron chi connectivity index (χ2n) is 7.51. The Morgan fingerprint density at radius 2 is 2.06 bits per heavy atom. The lowest BCUT2D eigenvalue weighted by Gasteiger charge is -2.26. The van der Waals surface area contributed by atoms with Crippen LogP contribution in [0, 0.1) is 5.92 Å². The lowest BCUT2D eigenvalue weighted by atomic mass is 10.1. The number of urea groups is 1. The van der Waals surface area contributed by atoms with Gasteiger partial charge in [0.05, 0.1) is 28.8 Å². The molecule has 1 aliphatic heterocycles. The number of carbonyl (C=O) groups excluding carboxylic acids is 1. The number of carboxylic acids is 1. The van der Waals surface area contributed by atoms with Crippen molar-refractivity contribution >= 4 is 62.1 Å². The summed E-state index contributed by atoms with van der Waals surface area (Å²) in [6.07, 6.45) is 5.46. The second-order valence-corrected chi connectivity index (χ2v) is 11.9. The van der Waals surface area contributed by atoms with Crippen LogP contribution in [0.15, 0.2) is 29.3 Å². The third-order valence-electron chi connectivity index (χ3n) is 4.86. The van der Waals surface area contributed by atoms with Crippen LogP contribution in [-0.4, -0.2) is 60.4 Å². The van der Waals surface area contributed by atoms with Crippen molar-refractivity contribution in [3.8, 4) is 0 Å². The topological polar surface area (TPSA) is 128 Å². The number of carboxylic acid groups (broad SMARTS) is 1. The molecule has 2 amide bonds. The number of rotatable bonds is 8. The first-order valence-corrected chi connectivity index (χ1v) is 13.7. The van der Waals surface area contributed by atoms with Gasteiger partial charge in [0.25, 0.3) is 0 Å². The fraction of sp³-hybridized carbons (Fsp3) is 0.526. The van der Waals surface area contributed by atoms with Crippen LogP contribution in [0.3, 0.4) is 0 Å². The summed E-state index contributed by atoms with van der Waals surface area (Å²) in [6, 6.07) is 6.43. The summed E-state index contributed by atoms with van der Waals surface area (Å²) in [6.45, 7) is 0.970. The number of aliphatic imine (C=N–C) groups is 1. The zero-order valence-corrected chi connectivity index (χ0v) is 19.6. The highest BCUT2D eigenvalue weighted by Crippen LogP contribution is 2.31. The first-order valence-electron chi connectivity index (χ1n) is 9.90. The van der Waals surface area contributed by atoms with E-state index in [0.717, 1.165) is 31.9 Å². The number of hydrogen-bond acceptors (Lipinski definition) is 7. The Morgan fingerprint density at radius 3 is 2.74 bits per heavy atom. The van der Waals surface area contributed by atoms with Crippen LogP contribution in [0.25, 0.3) is 0 Å². The van der Waals surface area contributed by atoms with E-state index in [-0.39, 0.29) is 16.4 Å². The molecule has 1 aromatic rings. The molecule has 1 fully saturated rings. The van der Waals surface area contributed by atoms with Gasteiger partial charge in [0, 0.05) is 12.2 Å². The molecule has 0 aromatic heterocycles. The maximum absolute atomic E-state index is 13.1. The fourth-order valence-corrected chi connectivity index (χ4v) is 6.05. The van der Waals surface area contributed by atoms with Gasteiger partial charge in [0.2, 0.25) is 10.0 Å². The second kappa shape index (κ2) is 10.6. The fourth-order valence-electron chi connectivity index (χ4n) is 3.54. The van der Waals surface area contributed by atoms with Gasteiger partial charge in [-0.3, -0.25) is 24.7 Å². The Balaban J connectivity index is 1.71. The average molecular weight is 487 g/mol. The van der Waals surface area contributed by atoms with Gasteiger partial charge in [-0.2, -0.15) is 0 Å². The molecule has 170 valence electrons. The van der Waals surface area contributed by atoms with E-state index in [0.29, 0.717) is 35.5 Å². The zero-order valence-electron chi connectivity index (χ0n) is 17.1. The van der Waals surface area contributed by atoms with Crippen molar-refractivity contribution in [1.82, 2.24) is 5.32 Å². The van der Waals surface area contributed by atoms with E-state index in [1.165, 1.54) is 23.5 Å². The van der Waals surface area contributed by atoms with Crippen LogP contribution in [0.2, 0.25) is 0 Å². The molecule has 1 atom stereocenters. The molecular formula is C19H26N4O5S3. The number of nitrogens with one attached hydrogen (secondary N) is 2. The van der Waals surface area contributed by atoms with Crippen LogP contribution in [0.4, 0.5) is 16.2 Å². The van der Waals surface area contributed by atoms with Gasteiger partial charge in [-0.15, -0.1) is 11.8 Å². The molecule has 0 bridgehead atoms. The number of hydrogen-bond donors (Lipinski definition) is 3. The number of thioether (sulfide) groups is 2. The number of nitrogens with zero attached hydrogens (tertiary/aromatic N) is 2. The highest BCUT2D eigenvalue weighted by Gasteiger charge is 2.27. The predicted octanol–water partition coefficient (Wildman–Crippen LogP) is 3.01. The monoisotopic (exact) mass is 486 g/mol. The molecule has 0 saturated heterocycles. The summed E-state index contributed by atoms with van der Waals surface area (Å²) in [5.74, 6) is -0.509. The van der Waals surface area contributed by atoms with Gasteiger partial charge >= 0.3 is 12.0 Å². The first kappa shape index (κ1) is 23.7.